The first-order valence-corrected chi connectivity index (χ1v) is 14.7. The summed E-state index contributed by atoms with van der Waals surface area (Å²) in [7, 11) is 0. The van der Waals surface area contributed by atoms with Gasteiger partial charge >= 0.3 is 0 Å². The van der Waals surface area contributed by atoms with E-state index in [-0.39, 0.29) is 5.92 Å². The molecule has 6 heteroatoms. The van der Waals surface area contributed by atoms with Crippen LogP contribution in [0.4, 0.5) is 0 Å². The Bertz CT molecular complexity index is 1200. The van der Waals surface area contributed by atoms with Crippen LogP contribution in [0.2, 0.25) is 0 Å². The molecule has 0 N–H and O–H groups in total. The molecule has 212 valence electrons. The minimum absolute atomic E-state index is 0.257. The van der Waals surface area contributed by atoms with Gasteiger partial charge in [0.1, 0.15) is 24.6 Å². The molecule has 0 radical (unpaired) electrons. The van der Waals surface area contributed by atoms with Gasteiger partial charge < -0.3 is 19.5 Å². The second-order valence-electron chi connectivity index (χ2n) is 10.1. The standard InChI is InChI=1S/C34H44N4O2/c1-6-37(7-2)22-24-39-35-33-30-16-12-10-14-28(30)29-15-11-13-17-31(29)34(36-40-25-23-38(8-3)9-4)32(33)27-20-18-26(5)19-21-27/h10-21,32H,6-9,22-25H2,1-5H3. The van der Waals surface area contributed by atoms with Gasteiger partial charge in [0.25, 0.3) is 0 Å². The first-order chi connectivity index (χ1) is 19.6. The molecule has 0 unspecified atom stereocenters. The molecule has 0 bridgehead atoms. The van der Waals surface area contributed by atoms with Gasteiger partial charge in [-0.3, -0.25) is 0 Å². The summed E-state index contributed by atoms with van der Waals surface area (Å²) in [5.41, 5.74) is 8.36. The van der Waals surface area contributed by atoms with Crippen LogP contribution in [0.5, 0.6) is 0 Å². The van der Waals surface area contributed by atoms with Crippen molar-refractivity contribution in [1.29, 1.82) is 0 Å². The minimum Gasteiger partial charge on any atom is -0.394 e. The van der Waals surface area contributed by atoms with Crippen molar-refractivity contribution in [1.82, 2.24) is 9.80 Å². The maximum absolute atomic E-state index is 6.07. The summed E-state index contributed by atoms with van der Waals surface area (Å²) in [5, 5.41) is 9.73. The Balaban J connectivity index is 1.83. The van der Waals surface area contributed by atoms with E-state index in [1.807, 2.05) is 0 Å². The molecule has 0 saturated carbocycles. The van der Waals surface area contributed by atoms with E-state index in [9.17, 15) is 0 Å². The van der Waals surface area contributed by atoms with Crippen LogP contribution in [0, 0.1) is 6.92 Å². The molecule has 4 rings (SSSR count). The highest BCUT2D eigenvalue weighted by Crippen LogP contribution is 2.39. The second kappa shape index (κ2) is 14.8. The molecule has 6 nitrogen and oxygen atoms in total. The monoisotopic (exact) mass is 540 g/mol. The van der Waals surface area contributed by atoms with E-state index in [0.29, 0.717) is 13.2 Å². The van der Waals surface area contributed by atoms with Crippen LogP contribution in [0.1, 0.15) is 55.9 Å². The molecule has 0 atom stereocenters. The molecule has 1 aliphatic rings. The second-order valence-corrected chi connectivity index (χ2v) is 10.1. The topological polar surface area (TPSA) is 49.7 Å². The first-order valence-electron chi connectivity index (χ1n) is 14.7. The Morgan fingerprint density at radius 1 is 0.575 bits per heavy atom. The Hall–Kier alpha value is -3.48. The van der Waals surface area contributed by atoms with Crippen LogP contribution in [0.25, 0.3) is 11.1 Å². The fraction of sp³-hybridized carbons (Fsp3) is 0.412. The molecule has 3 aromatic carbocycles. The average Bonchev–Trinajstić information content (AvgIpc) is 3.11. The zero-order valence-corrected chi connectivity index (χ0v) is 24.8. The van der Waals surface area contributed by atoms with Crippen LogP contribution in [-0.2, 0) is 9.68 Å². The molecule has 0 fully saturated rings. The van der Waals surface area contributed by atoms with Crippen molar-refractivity contribution < 1.29 is 9.68 Å². The van der Waals surface area contributed by atoms with Crippen molar-refractivity contribution in [2.45, 2.75) is 40.5 Å². The van der Waals surface area contributed by atoms with Gasteiger partial charge in [0.05, 0.1) is 5.92 Å². The van der Waals surface area contributed by atoms with Gasteiger partial charge in [-0.15, -0.1) is 0 Å². The van der Waals surface area contributed by atoms with Crippen molar-refractivity contribution in [3.63, 3.8) is 0 Å². The van der Waals surface area contributed by atoms with Crippen molar-refractivity contribution in [3.05, 3.63) is 95.1 Å². The molecule has 0 amide bonds. The molecular formula is C34H44N4O2. The highest BCUT2D eigenvalue weighted by molar-refractivity contribution is 6.29. The van der Waals surface area contributed by atoms with Crippen molar-refractivity contribution >= 4 is 11.4 Å². The van der Waals surface area contributed by atoms with Crippen LogP contribution in [0.15, 0.2) is 83.1 Å². The number of aryl methyl sites for hydroxylation is 1. The minimum atomic E-state index is -0.257. The third-order valence-corrected chi connectivity index (χ3v) is 7.77. The van der Waals surface area contributed by atoms with E-state index in [0.717, 1.165) is 78.5 Å². The van der Waals surface area contributed by atoms with E-state index in [1.54, 1.807) is 0 Å². The van der Waals surface area contributed by atoms with Crippen molar-refractivity contribution in [2.24, 2.45) is 10.3 Å². The van der Waals surface area contributed by atoms with E-state index >= 15 is 0 Å². The molecular weight excluding hydrogens is 496 g/mol. The number of likely N-dealkylation sites (N-methyl/N-ethyl adjacent to an activating group) is 2. The lowest BCUT2D eigenvalue weighted by atomic mass is 9.85. The highest BCUT2D eigenvalue weighted by Gasteiger charge is 2.34. The zero-order chi connectivity index (χ0) is 28.3. The molecule has 3 aromatic rings. The first kappa shape index (κ1) is 29.5. The average molecular weight is 541 g/mol. The lowest BCUT2D eigenvalue weighted by molar-refractivity contribution is 0.112. The Kier molecular flexibility index (Phi) is 10.9. The van der Waals surface area contributed by atoms with Crippen molar-refractivity contribution in [3.8, 4) is 11.1 Å². The Morgan fingerprint density at radius 2 is 0.975 bits per heavy atom. The summed E-state index contributed by atoms with van der Waals surface area (Å²) in [4.78, 5) is 16.8. The third kappa shape index (κ3) is 6.98. The normalized spacial score (nSPS) is 16.7. The highest BCUT2D eigenvalue weighted by atomic mass is 16.6. The lowest BCUT2D eigenvalue weighted by Crippen LogP contribution is -2.28. The molecule has 40 heavy (non-hydrogen) atoms. The predicted molar refractivity (Wildman–Crippen MR) is 166 cm³/mol. The van der Waals surface area contributed by atoms with Crippen LogP contribution < -0.4 is 0 Å². The summed E-state index contributed by atoms with van der Waals surface area (Å²) >= 11 is 0. The van der Waals surface area contributed by atoms with Gasteiger partial charge in [-0.1, -0.05) is 116 Å². The number of fused-ring (bicyclic) bond motifs is 3. The van der Waals surface area contributed by atoms with Crippen LogP contribution in [0.3, 0.4) is 0 Å². The molecule has 1 aliphatic carbocycles. The summed E-state index contributed by atoms with van der Waals surface area (Å²) in [5.74, 6) is -0.257. The number of benzene rings is 3. The Labute approximate surface area is 240 Å². The quantitative estimate of drug-likeness (QED) is 0.181. The zero-order valence-electron chi connectivity index (χ0n) is 24.8. The molecule has 0 spiro atoms. The number of hydrogen-bond donors (Lipinski definition) is 0. The number of oxime groups is 2. The van der Waals surface area contributed by atoms with E-state index < -0.39 is 0 Å². The van der Waals surface area contributed by atoms with Gasteiger partial charge in [0, 0.05) is 24.2 Å². The summed E-state index contributed by atoms with van der Waals surface area (Å²) in [6.07, 6.45) is 0. The van der Waals surface area contributed by atoms with E-state index in [1.165, 1.54) is 5.56 Å². The Morgan fingerprint density at radius 3 is 1.38 bits per heavy atom. The summed E-state index contributed by atoms with van der Waals surface area (Å²) in [6, 6.07) is 25.6. The third-order valence-electron chi connectivity index (χ3n) is 7.77. The predicted octanol–water partition coefficient (Wildman–Crippen LogP) is 6.58. The smallest absolute Gasteiger partial charge is 0.129 e. The van der Waals surface area contributed by atoms with E-state index in [2.05, 4.69) is 117 Å². The largest absolute Gasteiger partial charge is 0.394 e. The van der Waals surface area contributed by atoms with Gasteiger partial charge in [-0.2, -0.15) is 0 Å². The maximum Gasteiger partial charge on any atom is 0.129 e. The number of hydrogen-bond acceptors (Lipinski definition) is 6. The molecule has 0 saturated heterocycles. The number of nitrogens with zero attached hydrogens (tertiary/aromatic N) is 4. The number of rotatable bonds is 13. The maximum atomic E-state index is 6.07. The van der Waals surface area contributed by atoms with Gasteiger partial charge in [-0.05, 0) is 49.8 Å². The summed E-state index contributed by atoms with van der Waals surface area (Å²) < 4.78 is 0. The lowest BCUT2D eigenvalue weighted by Gasteiger charge is -2.22. The molecule has 0 aliphatic heterocycles. The van der Waals surface area contributed by atoms with Crippen molar-refractivity contribution in [2.75, 3.05) is 52.5 Å². The van der Waals surface area contributed by atoms with Gasteiger partial charge in [0.15, 0.2) is 0 Å². The fourth-order valence-electron chi connectivity index (χ4n) is 5.25. The van der Waals surface area contributed by atoms with Gasteiger partial charge in [0.2, 0.25) is 0 Å². The SMILES string of the molecule is CCN(CC)CCON=C1c2ccccc2-c2ccccc2C(=NOCCN(CC)CC)C1c1ccc(C)cc1. The molecule has 0 aromatic heterocycles. The summed E-state index contributed by atoms with van der Waals surface area (Å²) in [6.45, 7) is 17.4. The molecule has 0 heterocycles. The van der Waals surface area contributed by atoms with Crippen LogP contribution in [-0.4, -0.2) is 73.7 Å². The van der Waals surface area contributed by atoms with Crippen LogP contribution >= 0.6 is 0 Å². The van der Waals surface area contributed by atoms with Gasteiger partial charge in [-0.25, -0.2) is 0 Å². The fourth-order valence-corrected chi connectivity index (χ4v) is 5.25. The van der Waals surface area contributed by atoms with E-state index in [4.69, 9.17) is 20.0 Å².